The highest BCUT2D eigenvalue weighted by atomic mass is 32.2. The van der Waals surface area contributed by atoms with Crippen molar-refractivity contribution >= 4 is 16.0 Å². The first-order valence-corrected chi connectivity index (χ1v) is 9.81. The second-order valence-corrected chi connectivity index (χ2v) is 7.16. The van der Waals surface area contributed by atoms with Crippen LogP contribution in [0.4, 0.5) is 0 Å². The van der Waals surface area contributed by atoms with Crippen LogP contribution >= 0.6 is 0 Å². The van der Waals surface area contributed by atoms with E-state index in [1.807, 2.05) is 36.0 Å². The van der Waals surface area contributed by atoms with Gasteiger partial charge in [0.15, 0.2) is 5.96 Å². The number of rotatable bonds is 8. The normalized spacial score (nSPS) is 12.2. The third-order valence-corrected chi connectivity index (χ3v) is 4.15. The number of hydrogen-bond acceptors (Lipinski definition) is 4. The SMILES string of the molecule is CCNC(=NCCS(N)(=O)=O)NCCc1ccc(-n2cccn2)cc1. The molecule has 4 N–H and O–H groups in total. The van der Waals surface area contributed by atoms with Gasteiger partial charge >= 0.3 is 0 Å². The number of nitrogens with zero attached hydrogens (tertiary/aromatic N) is 3. The second kappa shape index (κ2) is 9.19. The standard InChI is InChI=1S/C16H24N6O2S/c1-2-18-16(20-11-13-25(17,23)24)19-10-8-14-4-6-15(7-5-14)22-12-3-9-21-22/h3-7,9,12H,2,8,10-11,13H2,1H3,(H2,17,23,24)(H2,18,19,20). The van der Waals surface area contributed by atoms with Crippen molar-refractivity contribution in [2.45, 2.75) is 13.3 Å². The van der Waals surface area contributed by atoms with Crippen molar-refractivity contribution in [2.24, 2.45) is 10.1 Å². The third kappa shape index (κ3) is 6.94. The summed E-state index contributed by atoms with van der Waals surface area (Å²) in [6.07, 6.45) is 4.46. The molecule has 0 aliphatic carbocycles. The molecule has 0 aliphatic heterocycles. The highest BCUT2D eigenvalue weighted by Crippen LogP contribution is 2.08. The molecule has 0 aliphatic rings. The number of nitrogens with one attached hydrogen (secondary N) is 2. The summed E-state index contributed by atoms with van der Waals surface area (Å²) in [5, 5.41) is 15.4. The fourth-order valence-corrected chi connectivity index (χ4v) is 2.53. The maximum Gasteiger partial charge on any atom is 0.210 e. The number of benzene rings is 1. The molecule has 9 heteroatoms. The van der Waals surface area contributed by atoms with E-state index in [-0.39, 0.29) is 12.3 Å². The van der Waals surface area contributed by atoms with E-state index < -0.39 is 10.0 Å². The summed E-state index contributed by atoms with van der Waals surface area (Å²) in [4.78, 5) is 4.20. The highest BCUT2D eigenvalue weighted by Gasteiger charge is 2.03. The second-order valence-electron chi connectivity index (χ2n) is 5.42. The van der Waals surface area contributed by atoms with Crippen LogP contribution in [0.25, 0.3) is 5.69 Å². The number of aromatic nitrogens is 2. The third-order valence-electron chi connectivity index (χ3n) is 3.40. The molecule has 2 rings (SSSR count). The van der Waals surface area contributed by atoms with Crippen LogP contribution in [0, 0.1) is 0 Å². The minimum Gasteiger partial charge on any atom is -0.357 e. The topological polar surface area (TPSA) is 114 Å². The van der Waals surface area contributed by atoms with E-state index in [0.29, 0.717) is 19.0 Å². The predicted molar refractivity (Wildman–Crippen MR) is 99.2 cm³/mol. The summed E-state index contributed by atoms with van der Waals surface area (Å²) < 4.78 is 23.7. The summed E-state index contributed by atoms with van der Waals surface area (Å²) in [7, 11) is -3.49. The molecule has 1 heterocycles. The predicted octanol–water partition coefficient (Wildman–Crippen LogP) is 0.258. The lowest BCUT2D eigenvalue weighted by atomic mass is 10.1. The Labute approximate surface area is 148 Å². The zero-order valence-corrected chi connectivity index (χ0v) is 15.0. The monoisotopic (exact) mass is 364 g/mol. The molecule has 0 atom stereocenters. The van der Waals surface area contributed by atoms with Crippen molar-refractivity contribution in [3.05, 3.63) is 48.3 Å². The van der Waals surface area contributed by atoms with Gasteiger partial charge in [0.05, 0.1) is 18.0 Å². The van der Waals surface area contributed by atoms with Crippen LogP contribution in [0.2, 0.25) is 0 Å². The average Bonchev–Trinajstić information content (AvgIpc) is 3.09. The Bertz CT molecular complexity index is 769. The Hall–Kier alpha value is -2.39. The lowest BCUT2D eigenvalue weighted by molar-refractivity contribution is 0.597. The van der Waals surface area contributed by atoms with Crippen molar-refractivity contribution in [1.82, 2.24) is 20.4 Å². The Morgan fingerprint density at radius 3 is 2.64 bits per heavy atom. The Kier molecular flexibility index (Phi) is 6.96. The van der Waals surface area contributed by atoms with Gasteiger partial charge < -0.3 is 10.6 Å². The number of sulfonamides is 1. The van der Waals surface area contributed by atoms with Crippen molar-refractivity contribution in [2.75, 3.05) is 25.4 Å². The lowest BCUT2D eigenvalue weighted by Crippen LogP contribution is -2.38. The van der Waals surface area contributed by atoms with E-state index in [1.54, 1.807) is 6.20 Å². The van der Waals surface area contributed by atoms with E-state index in [0.717, 1.165) is 12.1 Å². The number of aliphatic imine (C=N–C) groups is 1. The fourth-order valence-electron chi connectivity index (χ4n) is 2.19. The molecule has 0 spiro atoms. The molecular weight excluding hydrogens is 340 g/mol. The molecule has 0 unspecified atom stereocenters. The van der Waals surface area contributed by atoms with Crippen LogP contribution < -0.4 is 15.8 Å². The van der Waals surface area contributed by atoms with Gasteiger partial charge in [-0.15, -0.1) is 0 Å². The van der Waals surface area contributed by atoms with Gasteiger partial charge in [-0.2, -0.15) is 5.10 Å². The first-order valence-electron chi connectivity index (χ1n) is 8.09. The smallest absolute Gasteiger partial charge is 0.210 e. The van der Waals surface area contributed by atoms with E-state index >= 15 is 0 Å². The van der Waals surface area contributed by atoms with Crippen LogP contribution in [0.3, 0.4) is 0 Å². The first-order chi connectivity index (χ1) is 12.0. The molecule has 0 saturated carbocycles. The van der Waals surface area contributed by atoms with Gasteiger partial charge in [-0.05, 0) is 37.1 Å². The number of primary sulfonamides is 1. The van der Waals surface area contributed by atoms with Crippen LogP contribution in [0.15, 0.2) is 47.7 Å². The van der Waals surface area contributed by atoms with Gasteiger partial charge in [-0.1, -0.05) is 12.1 Å². The van der Waals surface area contributed by atoms with Crippen molar-refractivity contribution in [1.29, 1.82) is 0 Å². The Morgan fingerprint density at radius 1 is 1.28 bits per heavy atom. The molecule has 0 radical (unpaired) electrons. The molecule has 0 amide bonds. The van der Waals surface area contributed by atoms with Gasteiger partial charge in [0.25, 0.3) is 0 Å². The van der Waals surface area contributed by atoms with Crippen molar-refractivity contribution in [3.63, 3.8) is 0 Å². The molecule has 25 heavy (non-hydrogen) atoms. The largest absolute Gasteiger partial charge is 0.357 e. The van der Waals surface area contributed by atoms with Gasteiger partial charge in [0, 0.05) is 25.5 Å². The van der Waals surface area contributed by atoms with Crippen LogP contribution in [0.5, 0.6) is 0 Å². The summed E-state index contributed by atoms with van der Waals surface area (Å²) in [6, 6.07) is 10.0. The van der Waals surface area contributed by atoms with Gasteiger partial charge in [-0.3, -0.25) is 4.99 Å². The number of hydrogen-bond donors (Lipinski definition) is 3. The first kappa shape index (κ1) is 18.9. The van der Waals surface area contributed by atoms with E-state index in [2.05, 4.69) is 32.9 Å². The minimum absolute atomic E-state index is 0.132. The van der Waals surface area contributed by atoms with E-state index in [1.165, 1.54) is 5.56 Å². The van der Waals surface area contributed by atoms with Crippen molar-refractivity contribution in [3.8, 4) is 5.69 Å². The fraction of sp³-hybridized carbons (Fsp3) is 0.375. The van der Waals surface area contributed by atoms with Gasteiger partial charge in [0.1, 0.15) is 0 Å². The highest BCUT2D eigenvalue weighted by molar-refractivity contribution is 7.89. The molecule has 0 fully saturated rings. The minimum atomic E-state index is -3.49. The maximum atomic E-state index is 10.9. The molecule has 0 saturated heterocycles. The van der Waals surface area contributed by atoms with E-state index in [9.17, 15) is 8.42 Å². The molecule has 2 aromatic rings. The maximum absolute atomic E-state index is 10.9. The zero-order chi connectivity index (χ0) is 18.1. The summed E-state index contributed by atoms with van der Waals surface area (Å²) in [5.41, 5.74) is 2.20. The Morgan fingerprint density at radius 2 is 2.04 bits per heavy atom. The van der Waals surface area contributed by atoms with Crippen LogP contribution in [0.1, 0.15) is 12.5 Å². The van der Waals surface area contributed by atoms with E-state index in [4.69, 9.17) is 5.14 Å². The van der Waals surface area contributed by atoms with Gasteiger partial charge in [-0.25, -0.2) is 18.2 Å². The number of nitrogens with two attached hydrogens (primary N) is 1. The number of guanidine groups is 1. The quantitative estimate of drug-likeness (QED) is 0.459. The zero-order valence-electron chi connectivity index (χ0n) is 14.2. The molecular formula is C16H24N6O2S. The van der Waals surface area contributed by atoms with Crippen molar-refractivity contribution < 1.29 is 8.42 Å². The lowest BCUT2D eigenvalue weighted by Gasteiger charge is -2.11. The molecule has 136 valence electrons. The van der Waals surface area contributed by atoms with Crippen LogP contribution in [-0.2, 0) is 16.4 Å². The van der Waals surface area contributed by atoms with Crippen LogP contribution in [-0.4, -0.2) is 49.5 Å². The molecule has 1 aromatic carbocycles. The summed E-state index contributed by atoms with van der Waals surface area (Å²) in [5.74, 6) is 0.415. The molecule has 1 aromatic heterocycles. The summed E-state index contributed by atoms with van der Waals surface area (Å²) in [6.45, 7) is 3.46. The molecule has 8 nitrogen and oxygen atoms in total. The Balaban J connectivity index is 1.83. The van der Waals surface area contributed by atoms with Gasteiger partial charge in [0.2, 0.25) is 10.0 Å². The molecule has 0 bridgehead atoms. The summed E-state index contributed by atoms with van der Waals surface area (Å²) >= 11 is 0. The average molecular weight is 364 g/mol.